The van der Waals surface area contributed by atoms with Crippen LogP contribution in [0.25, 0.3) is 0 Å². The molecular weight excluding hydrogens is 474 g/mol. The Hall–Kier alpha value is -3.37. The van der Waals surface area contributed by atoms with E-state index in [1.807, 2.05) is 41.8 Å². The van der Waals surface area contributed by atoms with Gasteiger partial charge in [-0.2, -0.15) is 5.10 Å². The minimum absolute atomic E-state index is 0.122. The fourth-order valence-electron chi connectivity index (χ4n) is 4.61. The largest absolute Gasteiger partial charge is 0.467 e. The number of hydrogen-bond acceptors (Lipinski definition) is 8. The molecule has 2 amide bonds. The molecule has 10 heteroatoms. The average molecular weight is 494 g/mol. The number of nitrogens with zero attached hydrogens (tertiary/aromatic N) is 3. The molecule has 0 N–H and O–H groups in total. The van der Waals surface area contributed by atoms with Crippen LogP contribution in [0.15, 0.2) is 74.6 Å². The molecule has 8 nitrogen and oxygen atoms in total. The van der Waals surface area contributed by atoms with Gasteiger partial charge in [-0.25, -0.2) is 9.80 Å². The van der Waals surface area contributed by atoms with Gasteiger partial charge in [0.1, 0.15) is 11.8 Å². The Balaban J connectivity index is 1.21. The molecule has 2 aromatic heterocycles. The molecule has 0 spiro atoms. The van der Waals surface area contributed by atoms with Gasteiger partial charge >= 0.3 is 5.97 Å². The van der Waals surface area contributed by atoms with Gasteiger partial charge in [-0.1, -0.05) is 30.0 Å². The summed E-state index contributed by atoms with van der Waals surface area (Å²) in [5, 5.41) is 7.84. The van der Waals surface area contributed by atoms with Gasteiger partial charge in [0.25, 0.3) is 5.91 Å². The molecule has 2 atom stereocenters. The molecule has 3 aromatic rings. The van der Waals surface area contributed by atoms with Crippen LogP contribution in [-0.4, -0.2) is 40.0 Å². The average Bonchev–Trinajstić information content (AvgIpc) is 3.65. The van der Waals surface area contributed by atoms with Crippen molar-refractivity contribution in [1.82, 2.24) is 5.01 Å². The first kappa shape index (κ1) is 21.2. The van der Waals surface area contributed by atoms with Gasteiger partial charge in [0, 0.05) is 24.2 Å². The van der Waals surface area contributed by atoms with Gasteiger partial charge in [0.2, 0.25) is 5.91 Å². The predicted octanol–water partition coefficient (Wildman–Crippen LogP) is 4.19. The van der Waals surface area contributed by atoms with Gasteiger partial charge in [-0.3, -0.25) is 14.5 Å². The van der Waals surface area contributed by atoms with Gasteiger partial charge in [0.05, 0.1) is 22.5 Å². The van der Waals surface area contributed by atoms with Crippen LogP contribution in [-0.2, 0) is 19.1 Å². The Morgan fingerprint density at radius 3 is 2.85 bits per heavy atom. The molecule has 5 heterocycles. The number of thiophene rings is 1. The number of para-hydroxylation sites is 1. The molecule has 0 aliphatic carbocycles. The molecule has 1 saturated heterocycles. The van der Waals surface area contributed by atoms with Crippen molar-refractivity contribution in [3.8, 4) is 0 Å². The number of carbonyl (C=O) groups excluding carboxylic acids is 3. The summed E-state index contributed by atoms with van der Waals surface area (Å²) in [7, 11) is 0. The quantitative estimate of drug-likeness (QED) is 0.495. The topological polar surface area (TPSA) is 92.4 Å². The number of hydrazone groups is 1. The molecule has 0 bridgehead atoms. The highest BCUT2D eigenvalue weighted by molar-refractivity contribution is 8.02. The fourth-order valence-corrected chi connectivity index (χ4v) is 6.75. The number of furan rings is 1. The van der Waals surface area contributed by atoms with Crippen LogP contribution in [0.5, 0.6) is 0 Å². The molecule has 1 aromatic carbocycles. The lowest BCUT2D eigenvalue weighted by atomic mass is 10.1. The van der Waals surface area contributed by atoms with E-state index in [2.05, 4.69) is 5.10 Å². The maximum atomic E-state index is 13.3. The normalized spacial score (nSPS) is 23.1. The number of esters is 1. The first-order chi connectivity index (χ1) is 16.6. The Bertz CT molecular complexity index is 1300. The Morgan fingerprint density at radius 2 is 2.06 bits per heavy atom. The lowest BCUT2D eigenvalue weighted by molar-refractivity contribution is -0.154. The lowest BCUT2D eigenvalue weighted by Crippen LogP contribution is -2.48. The van der Waals surface area contributed by atoms with Crippen LogP contribution in [0.2, 0.25) is 0 Å². The first-order valence-electron chi connectivity index (χ1n) is 10.8. The summed E-state index contributed by atoms with van der Waals surface area (Å²) in [6, 6.07) is 14.4. The van der Waals surface area contributed by atoms with E-state index < -0.39 is 29.4 Å². The third-order valence-corrected chi connectivity index (χ3v) is 8.54. The van der Waals surface area contributed by atoms with Crippen molar-refractivity contribution >= 4 is 52.3 Å². The molecule has 6 rings (SSSR count). The van der Waals surface area contributed by atoms with E-state index in [1.54, 1.807) is 29.7 Å². The smallest absolute Gasteiger partial charge is 0.344 e. The number of fused-ring (bicyclic) bond motifs is 3. The molecule has 0 unspecified atom stereocenters. The van der Waals surface area contributed by atoms with E-state index in [0.717, 1.165) is 15.5 Å². The number of ether oxygens (including phenoxy) is 1. The van der Waals surface area contributed by atoms with E-state index in [1.165, 1.54) is 21.7 Å². The Labute approximate surface area is 203 Å². The fraction of sp³-hybridized carbons (Fsp3) is 0.250. The summed E-state index contributed by atoms with van der Waals surface area (Å²) >= 11 is 2.86. The van der Waals surface area contributed by atoms with Gasteiger partial charge in [-0.15, -0.1) is 11.3 Å². The molecule has 3 aliphatic heterocycles. The zero-order valence-electron chi connectivity index (χ0n) is 17.9. The number of benzene rings is 1. The summed E-state index contributed by atoms with van der Waals surface area (Å²) in [6.45, 7) is -0.474. The molecule has 34 heavy (non-hydrogen) atoms. The molecule has 172 valence electrons. The lowest BCUT2D eigenvalue weighted by Gasteiger charge is -2.28. The number of rotatable bonds is 5. The first-order valence-corrected chi connectivity index (χ1v) is 12.5. The second kappa shape index (κ2) is 8.14. The monoisotopic (exact) mass is 493 g/mol. The van der Waals surface area contributed by atoms with Crippen molar-refractivity contribution in [1.29, 1.82) is 0 Å². The number of amides is 2. The second-order valence-electron chi connectivity index (χ2n) is 8.16. The maximum absolute atomic E-state index is 13.3. The van der Waals surface area contributed by atoms with Crippen LogP contribution in [0.4, 0.5) is 5.69 Å². The van der Waals surface area contributed by atoms with E-state index in [4.69, 9.17) is 9.15 Å². The number of hydrogen-bond donors (Lipinski definition) is 0. The summed E-state index contributed by atoms with van der Waals surface area (Å²) in [4.78, 5) is 41.2. The minimum Gasteiger partial charge on any atom is -0.467 e. The van der Waals surface area contributed by atoms with Crippen LogP contribution >= 0.6 is 23.1 Å². The maximum Gasteiger partial charge on any atom is 0.344 e. The highest BCUT2D eigenvalue weighted by atomic mass is 32.2. The van der Waals surface area contributed by atoms with E-state index in [-0.39, 0.29) is 12.3 Å². The van der Waals surface area contributed by atoms with Crippen LogP contribution < -0.4 is 4.90 Å². The number of anilines is 1. The highest BCUT2D eigenvalue weighted by Crippen LogP contribution is 2.56. The molecule has 3 aliphatic rings. The van der Waals surface area contributed by atoms with Crippen LogP contribution in [0, 0.1) is 0 Å². The van der Waals surface area contributed by atoms with Gasteiger partial charge in [-0.05, 0) is 35.7 Å². The van der Waals surface area contributed by atoms with Crippen molar-refractivity contribution in [3.63, 3.8) is 0 Å². The molecular formula is C24H19N3O5S2. The number of thioether (sulfide) groups is 1. The minimum atomic E-state index is -1.17. The van der Waals surface area contributed by atoms with Crippen molar-refractivity contribution in [3.05, 3.63) is 70.8 Å². The SMILES string of the molecule is O=C(COC(=O)[C@@]12CCC(=O)N1c1ccccc1S2)N1N=C(c2cccs2)C[C@H]1c1ccco1. The third-order valence-electron chi connectivity index (χ3n) is 6.16. The zero-order valence-corrected chi connectivity index (χ0v) is 19.5. The Morgan fingerprint density at radius 1 is 1.18 bits per heavy atom. The molecule has 0 saturated carbocycles. The van der Waals surface area contributed by atoms with Crippen molar-refractivity contribution in [2.45, 2.75) is 35.1 Å². The second-order valence-corrected chi connectivity index (χ2v) is 10.4. The van der Waals surface area contributed by atoms with Crippen molar-refractivity contribution in [2.24, 2.45) is 5.10 Å². The molecule has 0 radical (unpaired) electrons. The van der Waals surface area contributed by atoms with E-state index >= 15 is 0 Å². The van der Waals surface area contributed by atoms with Crippen LogP contribution in [0.1, 0.15) is 35.9 Å². The van der Waals surface area contributed by atoms with Crippen molar-refractivity contribution < 1.29 is 23.5 Å². The standard InChI is InChI=1S/C24H19N3O5S2/c28-21-9-10-24(26(21)16-5-1-2-7-20(16)34-24)23(30)32-14-22(29)27-17(18-6-3-11-31-18)13-15(25-27)19-8-4-12-33-19/h1-8,11-12,17H,9-10,13-14H2/t17-,24-/m0/s1. The third kappa shape index (κ3) is 3.28. The molecule has 1 fully saturated rings. The van der Waals surface area contributed by atoms with Gasteiger partial charge < -0.3 is 9.15 Å². The predicted molar refractivity (Wildman–Crippen MR) is 126 cm³/mol. The highest BCUT2D eigenvalue weighted by Gasteiger charge is 2.58. The summed E-state index contributed by atoms with van der Waals surface area (Å²) in [5.74, 6) is -0.551. The zero-order chi connectivity index (χ0) is 23.3. The van der Waals surface area contributed by atoms with Crippen LogP contribution in [0.3, 0.4) is 0 Å². The Kier molecular flexibility index (Phi) is 5.07. The summed E-state index contributed by atoms with van der Waals surface area (Å²) in [6.07, 6.45) is 2.65. The summed E-state index contributed by atoms with van der Waals surface area (Å²) in [5.41, 5.74) is 1.49. The van der Waals surface area contributed by atoms with E-state index in [9.17, 15) is 14.4 Å². The van der Waals surface area contributed by atoms with Gasteiger partial charge in [0.15, 0.2) is 11.5 Å². The van der Waals surface area contributed by atoms with E-state index in [0.29, 0.717) is 24.3 Å². The summed E-state index contributed by atoms with van der Waals surface area (Å²) < 4.78 is 11.1. The van der Waals surface area contributed by atoms with Crippen molar-refractivity contribution in [2.75, 3.05) is 11.5 Å². The number of carbonyl (C=O) groups is 3.